The first kappa shape index (κ1) is 11.8. The molecule has 3 rings (SSSR count). The first-order valence-corrected chi connectivity index (χ1v) is 7.15. The molecule has 1 heterocycles. The molecule has 0 unspecified atom stereocenters. The molecular formula is C16H21NO. The van der Waals surface area contributed by atoms with Gasteiger partial charge < -0.3 is 5.32 Å². The van der Waals surface area contributed by atoms with Crippen molar-refractivity contribution in [3.63, 3.8) is 0 Å². The Hall–Kier alpha value is -1.31. The van der Waals surface area contributed by atoms with Crippen molar-refractivity contribution >= 4 is 11.5 Å². The van der Waals surface area contributed by atoms with E-state index in [-0.39, 0.29) is 5.92 Å². The molecule has 1 aliphatic carbocycles. The van der Waals surface area contributed by atoms with E-state index in [1.807, 2.05) is 6.07 Å². The summed E-state index contributed by atoms with van der Waals surface area (Å²) in [5, 5.41) is 3.34. The number of nitrogens with one attached hydrogen (secondary N) is 1. The van der Waals surface area contributed by atoms with Crippen molar-refractivity contribution in [3.05, 3.63) is 29.3 Å². The zero-order valence-electron chi connectivity index (χ0n) is 11.0. The minimum atomic E-state index is 0.272. The second-order valence-electron chi connectivity index (χ2n) is 5.87. The molecule has 0 amide bonds. The van der Waals surface area contributed by atoms with Crippen LogP contribution in [0.15, 0.2) is 18.2 Å². The van der Waals surface area contributed by atoms with E-state index in [9.17, 15) is 4.79 Å². The Bertz CT molecular complexity index is 458. The molecule has 2 nitrogen and oxygen atoms in total. The fourth-order valence-electron chi connectivity index (χ4n) is 3.22. The van der Waals surface area contributed by atoms with Gasteiger partial charge in [0.1, 0.15) is 0 Å². The van der Waals surface area contributed by atoms with E-state index in [1.54, 1.807) is 0 Å². The van der Waals surface area contributed by atoms with Crippen LogP contribution in [0.3, 0.4) is 0 Å². The van der Waals surface area contributed by atoms with Crippen LogP contribution in [0.25, 0.3) is 0 Å². The smallest absolute Gasteiger partial charge is 0.165 e. The van der Waals surface area contributed by atoms with Gasteiger partial charge in [0.05, 0.1) is 0 Å². The molecule has 2 aliphatic rings. The number of rotatable bonds is 2. The van der Waals surface area contributed by atoms with Gasteiger partial charge in [0, 0.05) is 23.7 Å². The van der Waals surface area contributed by atoms with E-state index in [0.717, 1.165) is 37.3 Å². The fraction of sp³-hybridized carbons (Fsp3) is 0.562. The largest absolute Gasteiger partial charge is 0.384 e. The monoisotopic (exact) mass is 243 g/mol. The van der Waals surface area contributed by atoms with Crippen LogP contribution in [-0.4, -0.2) is 12.3 Å². The van der Waals surface area contributed by atoms with Gasteiger partial charge in [0.25, 0.3) is 0 Å². The van der Waals surface area contributed by atoms with Crippen molar-refractivity contribution in [2.75, 3.05) is 11.9 Å². The van der Waals surface area contributed by atoms with Crippen LogP contribution < -0.4 is 5.32 Å². The van der Waals surface area contributed by atoms with Crippen molar-refractivity contribution in [1.82, 2.24) is 0 Å². The summed E-state index contributed by atoms with van der Waals surface area (Å²) >= 11 is 0. The molecule has 1 fully saturated rings. The first-order valence-electron chi connectivity index (χ1n) is 7.15. The summed E-state index contributed by atoms with van der Waals surface area (Å²) in [6, 6.07) is 6.17. The fourth-order valence-corrected chi connectivity index (χ4v) is 3.22. The Balaban J connectivity index is 1.76. The van der Waals surface area contributed by atoms with E-state index < -0.39 is 0 Å². The Morgan fingerprint density at radius 3 is 2.78 bits per heavy atom. The Kier molecular flexibility index (Phi) is 3.11. The summed E-state index contributed by atoms with van der Waals surface area (Å²) in [4.78, 5) is 12.5. The SMILES string of the molecule is CC1CCC(C(=O)c2ccc3c(c2)CCN3)CC1. The van der Waals surface area contributed by atoms with Crippen LogP contribution >= 0.6 is 0 Å². The topological polar surface area (TPSA) is 29.1 Å². The molecule has 96 valence electrons. The van der Waals surface area contributed by atoms with E-state index in [0.29, 0.717) is 5.78 Å². The van der Waals surface area contributed by atoms with Gasteiger partial charge in [-0.15, -0.1) is 0 Å². The maximum atomic E-state index is 12.5. The van der Waals surface area contributed by atoms with E-state index in [4.69, 9.17) is 0 Å². The number of benzene rings is 1. The normalized spacial score (nSPS) is 26.5. The van der Waals surface area contributed by atoms with Gasteiger partial charge in [-0.25, -0.2) is 0 Å². The third-order valence-corrected chi connectivity index (χ3v) is 4.49. The second kappa shape index (κ2) is 4.75. The van der Waals surface area contributed by atoms with E-state index in [2.05, 4.69) is 24.4 Å². The molecular weight excluding hydrogens is 222 g/mol. The molecule has 0 bridgehead atoms. The predicted molar refractivity (Wildman–Crippen MR) is 74.1 cm³/mol. The quantitative estimate of drug-likeness (QED) is 0.803. The average Bonchev–Trinajstić information content (AvgIpc) is 2.86. The molecule has 0 radical (unpaired) electrons. The standard InChI is InChI=1S/C16H21NO/c1-11-2-4-12(5-3-11)16(18)14-6-7-15-13(10-14)8-9-17-15/h6-7,10-12,17H,2-5,8-9H2,1H3. The first-order chi connectivity index (χ1) is 8.74. The highest BCUT2D eigenvalue weighted by atomic mass is 16.1. The van der Waals surface area contributed by atoms with Crippen LogP contribution in [0, 0.1) is 11.8 Å². The molecule has 0 aromatic heterocycles. The van der Waals surface area contributed by atoms with Crippen LogP contribution in [0.2, 0.25) is 0 Å². The summed E-state index contributed by atoms with van der Waals surface area (Å²) in [5.41, 5.74) is 3.45. The van der Waals surface area contributed by atoms with Gasteiger partial charge in [-0.2, -0.15) is 0 Å². The second-order valence-corrected chi connectivity index (χ2v) is 5.87. The number of hydrogen-bond donors (Lipinski definition) is 1. The third-order valence-electron chi connectivity index (χ3n) is 4.49. The summed E-state index contributed by atoms with van der Waals surface area (Å²) in [5.74, 6) is 1.45. The highest BCUT2D eigenvalue weighted by Gasteiger charge is 2.25. The van der Waals surface area contributed by atoms with Crippen molar-refractivity contribution in [2.24, 2.45) is 11.8 Å². The van der Waals surface area contributed by atoms with Crippen molar-refractivity contribution < 1.29 is 4.79 Å². The molecule has 1 aromatic carbocycles. The maximum absolute atomic E-state index is 12.5. The lowest BCUT2D eigenvalue weighted by atomic mass is 9.79. The van der Waals surface area contributed by atoms with Crippen molar-refractivity contribution in [1.29, 1.82) is 0 Å². The summed E-state index contributed by atoms with van der Waals surface area (Å²) < 4.78 is 0. The van der Waals surface area contributed by atoms with Gasteiger partial charge in [-0.1, -0.05) is 19.8 Å². The summed E-state index contributed by atoms with van der Waals surface area (Å²) in [6.45, 7) is 3.30. The van der Waals surface area contributed by atoms with Gasteiger partial charge >= 0.3 is 0 Å². The number of carbonyl (C=O) groups excluding carboxylic acids is 1. The Morgan fingerprint density at radius 1 is 1.22 bits per heavy atom. The molecule has 0 atom stereocenters. The molecule has 0 saturated heterocycles. The van der Waals surface area contributed by atoms with Crippen LogP contribution in [0.5, 0.6) is 0 Å². The van der Waals surface area contributed by atoms with Gasteiger partial charge in [-0.05, 0) is 48.9 Å². The molecule has 0 spiro atoms. The van der Waals surface area contributed by atoms with E-state index in [1.165, 1.54) is 24.1 Å². The van der Waals surface area contributed by atoms with E-state index >= 15 is 0 Å². The lowest BCUT2D eigenvalue weighted by Crippen LogP contribution is -2.21. The van der Waals surface area contributed by atoms with Crippen LogP contribution in [0.1, 0.15) is 48.5 Å². The van der Waals surface area contributed by atoms with Crippen molar-refractivity contribution in [3.8, 4) is 0 Å². The molecule has 1 aliphatic heterocycles. The number of ketones is 1. The summed E-state index contributed by atoms with van der Waals surface area (Å²) in [7, 11) is 0. The van der Waals surface area contributed by atoms with Crippen LogP contribution in [-0.2, 0) is 6.42 Å². The number of hydrogen-bond acceptors (Lipinski definition) is 2. The minimum Gasteiger partial charge on any atom is -0.384 e. The lowest BCUT2D eigenvalue weighted by Gasteiger charge is -2.25. The highest BCUT2D eigenvalue weighted by molar-refractivity contribution is 5.98. The predicted octanol–water partition coefficient (Wildman–Crippen LogP) is 3.66. The number of carbonyl (C=O) groups is 1. The number of anilines is 1. The Morgan fingerprint density at radius 2 is 2.00 bits per heavy atom. The highest BCUT2D eigenvalue weighted by Crippen LogP contribution is 2.32. The minimum absolute atomic E-state index is 0.272. The molecule has 1 aromatic rings. The average molecular weight is 243 g/mol. The number of fused-ring (bicyclic) bond motifs is 1. The van der Waals surface area contributed by atoms with Crippen molar-refractivity contribution in [2.45, 2.75) is 39.0 Å². The lowest BCUT2D eigenvalue weighted by molar-refractivity contribution is 0.0875. The number of Topliss-reactive ketones (excluding diaryl/α,β-unsaturated/α-hetero) is 1. The van der Waals surface area contributed by atoms with Crippen LogP contribution in [0.4, 0.5) is 5.69 Å². The maximum Gasteiger partial charge on any atom is 0.165 e. The summed E-state index contributed by atoms with van der Waals surface area (Å²) in [6.07, 6.45) is 5.63. The van der Waals surface area contributed by atoms with Gasteiger partial charge in [0.15, 0.2) is 5.78 Å². The molecule has 18 heavy (non-hydrogen) atoms. The molecule has 1 saturated carbocycles. The van der Waals surface area contributed by atoms with Gasteiger partial charge in [0.2, 0.25) is 0 Å². The third kappa shape index (κ3) is 2.16. The van der Waals surface area contributed by atoms with Gasteiger partial charge in [-0.3, -0.25) is 4.79 Å². The zero-order valence-corrected chi connectivity index (χ0v) is 11.0. The molecule has 1 N–H and O–H groups in total. The molecule has 2 heteroatoms. The zero-order chi connectivity index (χ0) is 12.5. The Labute approximate surface area is 109 Å².